The van der Waals surface area contributed by atoms with Crippen molar-refractivity contribution in [3.8, 4) is 0 Å². The molecule has 3 aromatic rings. The van der Waals surface area contributed by atoms with E-state index in [0.717, 1.165) is 23.0 Å². The molecule has 1 amide bonds. The van der Waals surface area contributed by atoms with Gasteiger partial charge in [-0.05, 0) is 24.3 Å². The number of carbonyl (C=O) groups excluding carboxylic acids is 2. The van der Waals surface area contributed by atoms with Crippen molar-refractivity contribution in [2.75, 3.05) is 23.8 Å². The number of nitrogens with zero attached hydrogens (tertiary/aromatic N) is 2. The quantitative estimate of drug-likeness (QED) is 0.336. The van der Waals surface area contributed by atoms with Gasteiger partial charge in [-0.2, -0.15) is 0 Å². The monoisotopic (exact) mass is 382 g/mol. The minimum Gasteiger partial charge on any atom is -0.455 e. The van der Waals surface area contributed by atoms with Gasteiger partial charge < -0.3 is 14.1 Å². The molecule has 0 spiro atoms. The highest BCUT2D eigenvalue weighted by atomic mass is 32.2. The van der Waals surface area contributed by atoms with E-state index in [1.54, 1.807) is 12.1 Å². The number of para-hydroxylation sites is 3. The SMILES string of the molecule is C=CCN(C(=O)COC(=O)CSc1nc2ccccc2o1)c1ccccc1. The maximum absolute atomic E-state index is 12.4. The smallest absolute Gasteiger partial charge is 0.316 e. The van der Waals surface area contributed by atoms with Crippen LogP contribution in [0.15, 0.2) is 76.9 Å². The van der Waals surface area contributed by atoms with Gasteiger partial charge in [-0.15, -0.1) is 6.58 Å². The summed E-state index contributed by atoms with van der Waals surface area (Å²) in [6, 6.07) is 16.5. The normalized spacial score (nSPS) is 10.5. The van der Waals surface area contributed by atoms with E-state index in [4.69, 9.17) is 9.15 Å². The van der Waals surface area contributed by atoms with Crippen LogP contribution in [0.1, 0.15) is 0 Å². The van der Waals surface area contributed by atoms with Crippen molar-refractivity contribution in [1.29, 1.82) is 0 Å². The molecule has 1 heterocycles. The van der Waals surface area contributed by atoms with Crippen LogP contribution in [-0.4, -0.2) is 35.8 Å². The summed E-state index contributed by atoms with van der Waals surface area (Å²) in [6.07, 6.45) is 1.62. The van der Waals surface area contributed by atoms with E-state index < -0.39 is 5.97 Å². The second-order valence-electron chi connectivity index (χ2n) is 5.53. The van der Waals surface area contributed by atoms with Gasteiger partial charge in [-0.25, -0.2) is 4.98 Å². The zero-order valence-electron chi connectivity index (χ0n) is 14.5. The molecule has 7 heteroatoms. The number of hydrogen-bond acceptors (Lipinski definition) is 6. The van der Waals surface area contributed by atoms with E-state index in [-0.39, 0.29) is 18.3 Å². The van der Waals surface area contributed by atoms with Crippen LogP contribution < -0.4 is 4.90 Å². The molecule has 0 aliphatic rings. The third-order valence-electron chi connectivity index (χ3n) is 3.62. The fourth-order valence-corrected chi connectivity index (χ4v) is 3.02. The van der Waals surface area contributed by atoms with Crippen molar-refractivity contribution < 1.29 is 18.7 Å². The van der Waals surface area contributed by atoms with Crippen LogP contribution in [-0.2, 0) is 14.3 Å². The number of ether oxygens (including phenoxy) is 1. The van der Waals surface area contributed by atoms with Crippen LogP contribution >= 0.6 is 11.8 Å². The molecule has 0 aliphatic heterocycles. The largest absolute Gasteiger partial charge is 0.455 e. The first kappa shape index (κ1) is 18.7. The summed E-state index contributed by atoms with van der Waals surface area (Å²) in [6.45, 7) is 3.66. The Morgan fingerprint density at radius 3 is 2.63 bits per heavy atom. The molecule has 0 fully saturated rings. The van der Waals surface area contributed by atoms with Crippen molar-refractivity contribution in [2.45, 2.75) is 5.22 Å². The van der Waals surface area contributed by atoms with Gasteiger partial charge in [0.15, 0.2) is 12.2 Å². The molecule has 0 unspecified atom stereocenters. The zero-order chi connectivity index (χ0) is 19.1. The van der Waals surface area contributed by atoms with E-state index >= 15 is 0 Å². The molecule has 2 aromatic carbocycles. The van der Waals surface area contributed by atoms with Gasteiger partial charge in [-0.3, -0.25) is 9.59 Å². The topological polar surface area (TPSA) is 72.6 Å². The third kappa shape index (κ3) is 4.98. The number of thioether (sulfide) groups is 1. The summed E-state index contributed by atoms with van der Waals surface area (Å²) < 4.78 is 10.6. The molecule has 6 nitrogen and oxygen atoms in total. The lowest BCUT2D eigenvalue weighted by Gasteiger charge is -2.21. The lowest BCUT2D eigenvalue weighted by atomic mass is 10.3. The maximum Gasteiger partial charge on any atom is 0.316 e. The van der Waals surface area contributed by atoms with Gasteiger partial charge in [0, 0.05) is 12.2 Å². The molecule has 138 valence electrons. The van der Waals surface area contributed by atoms with Crippen LogP contribution in [0.25, 0.3) is 11.1 Å². The summed E-state index contributed by atoms with van der Waals surface area (Å²) in [5.74, 6) is -0.823. The highest BCUT2D eigenvalue weighted by molar-refractivity contribution is 7.99. The highest BCUT2D eigenvalue weighted by Crippen LogP contribution is 2.23. The standard InChI is InChI=1S/C20H18N2O4S/c1-2-12-22(15-8-4-3-5-9-15)18(23)13-25-19(24)14-27-20-21-16-10-6-7-11-17(16)26-20/h2-11H,1,12-14H2. The van der Waals surface area contributed by atoms with Crippen molar-refractivity contribution in [3.63, 3.8) is 0 Å². The molecule has 0 radical (unpaired) electrons. The van der Waals surface area contributed by atoms with Gasteiger partial charge in [0.25, 0.3) is 11.1 Å². The second kappa shape index (κ2) is 9.05. The van der Waals surface area contributed by atoms with E-state index in [2.05, 4.69) is 11.6 Å². The number of anilines is 1. The Bertz CT molecular complexity index is 906. The Morgan fingerprint density at radius 2 is 1.89 bits per heavy atom. The number of oxazole rings is 1. The van der Waals surface area contributed by atoms with Crippen LogP contribution in [0, 0.1) is 0 Å². The molecule has 0 atom stereocenters. The number of carbonyl (C=O) groups is 2. The van der Waals surface area contributed by atoms with E-state index in [1.807, 2.05) is 48.5 Å². The molecule has 0 aliphatic carbocycles. The first-order valence-corrected chi connectivity index (χ1v) is 9.26. The minimum absolute atomic E-state index is 0.00684. The van der Waals surface area contributed by atoms with Crippen LogP contribution in [0.2, 0.25) is 0 Å². The molecule has 0 saturated heterocycles. The van der Waals surface area contributed by atoms with Gasteiger partial charge >= 0.3 is 5.97 Å². The van der Waals surface area contributed by atoms with E-state index in [0.29, 0.717) is 17.4 Å². The zero-order valence-corrected chi connectivity index (χ0v) is 15.4. The average Bonchev–Trinajstić information content (AvgIpc) is 3.12. The predicted molar refractivity (Wildman–Crippen MR) is 105 cm³/mol. The fraction of sp³-hybridized carbons (Fsp3) is 0.150. The predicted octanol–water partition coefficient (Wildman–Crippen LogP) is 3.68. The second-order valence-corrected chi connectivity index (χ2v) is 6.45. The van der Waals surface area contributed by atoms with Crippen LogP contribution in [0.4, 0.5) is 5.69 Å². The molecular weight excluding hydrogens is 364 g/mol. The molecule has 27 heavy (non-hydrogen) atoms. The minimum atomic E-state index is -0.512. The van der Waals surface area contributed by atoms with Gasteiger partial charge in [-0.1, -0.05) is 48.2 Å². The first-order chi connectivity index (χ1) is 13.2. The number of hydrogen-bond donors (Lipinski definition) is 0. The number of rotatable bonds is 8. The Kier molecular flexibility index (Phi) is 6.27. The molecule has 0 bridgehead atoms. The fourth-order valence-electron chi connectivity index (χ4n) is 2.38. The number of amides is 1. The summed E-state index contributed by atoms with van der Waals surface area (Å²) in [7, 11) is 0. The van der Waals surface area contributed by atoms with Gasteiger partial charge in [0.1, 0.15) is 11.3 Å². The van der Waals surface area contributed by atoms with Crippen LogP contribution in [0.3, 0.4) is 0 Å². The molecular formula is C20H18N2O4S. The molecule has 0 N–H and O–H groups in total. The number of benzene rings is 2. The lowest BCUT2D eigenvalue weighted by Crippen LogP contribution is -2.35. The summed E-state index contributed by atoms with van der Waals surface area (Å²) in [5, 5.41) is 0.386. The summed E-state index contributed by atoms with van der Waals surface area (Å²) in [5.41, 5.74) is 2.11. The maximum atomic E-state index is 12.4. The van der Waals surface area contributed by atoms with Crippen molar-refractivity contribution in [3.05, 3.63) is 67.3 Å². The van der Waals surface area contributed by atoms with E-state index in [1.165, 1.54) is 4.90 Å². The molecule has 3 rings (SSSR count). The van der Waals surface area contributed by atoms with Crippen molar-refractivity contribution in [1.82, 2.24) is 4.98 Å². The average molecular weight is 382 g/mol. The van der Waals surface area contributed by atoms with Gasteiger partial charge in [0.05, 0.1) is 0 Å². The Morgan fingerprint density at radius 1 is 1.15 bits per heavy atom. The summed E-state index contributed by atoms with van der Waals surface area (Å²) >= 11 is 1.13. The number of aromatic nitrogens is 1. The molecule has 0 saturated carbocycles. The number of fused-ring (bicyclic) bond motifs is 1. The van der Waals surface area contributed by atoms with Crippen LogP contribution in [0.5, 0.6) is 0 Å². The van der Waals surface area contributed by atoms with Crippen molar-refractivity contribution >= 4 is 40.4 Å². The summed E-state index contributed by atoms with van der Waals surface area (Å²) in [4.78, 5) is 30.1. The molecule has 1 aromatic heterocycles. The first-order valence-electron chi connectivity index (χ1n) is 8.27. The lowest BCUT2D eigenvalue weighted by molar-refractivity contribution is -0.145. The van der Waals surface area contributed by atoms with E-state index in [9.17, 15) is 9.59 Å². The third-order valence-corrected chi connectivity index (χ3v) is 4.43. The van der Waals surface area contributed by atoms with Crippen molar-refractivity contribution in [2.24, 2.45) is 0 Å². The number of esters is 1. The highest BCUT2D eigenvalue weighted by Gasteiger charge is 2.17. The Balaban J connectivity index is 1.51. The van der Waals surface area contributed by atoms with Gasteiger partial charge in [0.2, 0.25) is 0 Å². The Hall–Kier alpha value is -3.06. The Labute approximate surface area is 160 Å².